The summed E-state index contributed by atoms with van der Waals surface area (Å²) in [6.07, 6.45) is 0.0265. The Labute approximate surface area is 184 Å². The van der Waals surface area contributed by atoms with E-state index in [2.05, 4.69) is 20.4 Å². The van der Waals surface area contributed by atoms with Gasteiger partial charge in [0, 0.05) is 32.7 Å². The molecule has 162 valence electrons. The molecule has 0 radical (unpaired) electrons. The van der Waals surface area contributed by atoms with Crippen molar-refractivity contribution in [3.63, 3.8) is 0 Å². The van der Waals surface area contributed by atoms with E-state index in [0.29, 0.717) is 50.4 Å². The fourth-order valence-electron chi connectivity index (χ4n) is 2.67. The number of guanidine groups is 1. The average Bonchev–Trinajstić information content (AvgIpc) is 3.03. The number of hydrogen-bond acceptors (Lipinski definition) is 7. The first-order valence-corrected chi connectivity index (χ1v) is 10.8. The zero-order chi connectivity index (χ0) is 19.9. The van der Waals surface area contributed by atoms with Gasteiger partial charge < -0.3 is 19.5 Å². The van der Waals surface area contributed by atoms with Crippen molar-refractivity contribution in [2.75, 3.05) is 45.1 Å². The third-order valence-electron chi connectivity index (χ3n) is 3.99. The molecule has 10 nitrogen and oxygen atoms in total. The molecule has 0 bridgehead atoms. The first-order chi connectivity index (χ1) is 12.8. The summed E-state index contributed by atoms with van der Waals surface area (Å²) in [6, 6.07) is 0. The molecule has 12 heteroatoms. The minimum atomic E-state index is -3.30. The van der Waals surface area contributed by atoms with Crippen molar-refractivity contribution >= 4 is 40.0 Å². The molecule has 1 aromatic heterocycles. The van der Waals surface area contributed by atoms with Gasteiger partial charge >= 0.3 is 0 Å². The molecule has 28 heavy (non-hydrogen) atoms. The van der Waals surface area contributed by atoms with Gasteiger partial charge in [0.25, 0.3) is 0 Å². The highest BCUT2D eigenvalue weighted by molar-refractivity contribution is 14.0. The van der Waals surface area contributed by atoms with Crippen LogP contribution in [0.4, 0.5) is 0 Å². The number of piperazine rings is 1. The van der Waals surface area contributed by atoms with Crippen LogP contribution in [-0.4, -0.2) is 84.9 Å². The van der Waals surface area contributed by atoms with Crippen molar-refractivity contribution < 1.29 is 17.7 Å². The van der Waals surface area contributed by atoms with Crippen molar-refractivity contribution in [2.45, 2.75) is 40.3 Å². The summed E-state index contributed by atoms with van der Waals surface area (Å²) in [7, 11) is -3.30. The van der Waals surface area contributed by atoms with Gasteiger partial charge in [0.1, 0.15) is 6.54 Å². The van der Waals surface area contributed by atoms with Crippen LogP contribution >= 0.6 is 24.0 Å². The Kier molecular flexibility index (Phi) is 10.6. The molecule has 0 atom stereocenters. The second-order valence-corrected chi connectivity index (χ2v) is 8.62. The van der Waals surface area contributed by atoms with Crippen LogP contribution in [0.2, 0.25) is 0 Å². The van der Waals surface area contributed by atoms with Gasteiger partial charge in [-0.2, -0.15) is 9.29 Å². The highest BCUT2D eigenvalue weighted by Gasteiger charge is 2.28. The van der Waals surface area contributed by atoms with E-state index in [4.69, 9.17) is 9.26 Å². The van der Waals surface area contributed by atoms with Crippen molar-refractivity contribution in [1.82, 2.24) is 24.7 Å². The number of nitrogens with zero attached hydrogens (tertiary/aromatic N) is 5. The van der Waals surface area contributed by atoms with Gasteiger partial charge in [0.2, 0.25) is 15.9 Å². The van der Waals surface area contributed by atoms with Gasteiger partial charge in [0.15, 0.2) is 11.8 Å². The second kappa shape index (κ2) is 11.9. The lowest BCUT2D eigenvalue weighted by Crippen LogP contribution is -2.54. The van der Waals surface area contributed by atoms with Gasteiger partial charge in [-0.3, -0.25) is 0 Å². The Morgan fingerprint density at radius 3 is 2.54 bits per heavy atom. The van der Waals surface area contributed by atoms with E-state index < -0.39 is 10.0 Å². The van der Waals surface area contributed by atoms with E-state index in [1.807, 2.05) is 25.7 Å². The van der Waals surface area contributed by atoms with E-state index in [9.17, 15) is 8.42 Å². The molecule has 0 spiro atoms. The Balaban J connectivity index is 0.00000392. The van der Waals surface area contributed by atoms with Gasteiger partial charge in [-0.05, 0) is 27.7 Å². The molecule has 2 heterocycles. The minimum absolute atomic E-state index is 0. The Morgan fingerprint density at radius 2 is 2.00 bits per heavy atom. The molecular weight excluding hydrogens is 499 g/mol. The van der Waals surface area contributed by atoms with Crippen molar-refractivity contribution in [2.24, 2.45) is 4.99 Å². The van der Waals surface area contributed by atoms with Crippen LogP contribution in [0.25, 0.3) is 0 Å². The lowest BCUT2D eigenvalue weighted by atomic mass is 10.4. The summed E-state index contributed by atoms with van der Waals surface area (Å²) in [5.41, 5.74) is 0. The predicted molar refractivity (Wildman–Crippen MR) is 117 cm³/mol. The monoisotopic (exact) mass is 530 g/mol. The number of aryl methyl sites for hydroxylation is 1. The highest BCUT2D eigenvalue weighted by Crippen LogP contribution is 2.09. The van der Waals surface area contributed by atoms with Crippen molar-refractivity contribution in [3.8, 4) is 0 Å². The number of ether oxygens (including phenoxy) is 1. The van der Waals surface area contributed by atoms with Crippen molar-refractivity contribution in [3.05, 3.63) is 11.7 Å². The SMILES string of the molecule is CCNC(=NCc1nc(C)no1)N1CCN(S(=O)(=O)CCOC(C)C)CC1.I. The van der Waals surface area contributed by atoms with E-state index in [1.165, 1.54) is 4.31 Å². The van der Waals surface area contributed by atoms with E-state index in [1.54, 1.807) is 6.92 Å². The summed E-state index contributed by atoms with van der Waals surface area (Å²) in [6.45, 7) is 10.7. The van der Waals surface area contributed by atoms with Crippen LogP contribution < -0.4 is 5.32 Å². The van der Waals surface area contributed by atoms with Crippen LogP contribution in [0.3, 0.4) is 0 Å². The lowest BCUT2D eigenvalue weighted by Gasteiger charge is -2.35. The normalized spacial score (nSPS) is 16.3. The van der Waals surface area contributed by atoms with Crippen LogP contribution in [0.15, 0.2) is 9.52 Å². The van der Waals surface area contributed by atoms with Gasteiger partial charge in [-0.15, -0.1) is 24.0 Å². The fraction of sp³-hybridized carbons (Fsp3) is 0.812. The minimum Gasteiger partial charge on any atom is -0.378 e. The Hall–Kier alpha value is -0.990. The molecule has 1 N–H and O–H groups in total. The maximum Gasteiger partial charge on any atom is 0.248 e. The third kappa shape index (κ3) is 7.79. The summed E-state index contributed by atoms with van der Waals surface area (Å²) in [4.78, 5) is 10.7. The molecular formula is C16H31IN6O4S. The van der Waals surface area contributed by atoms with Gasteiger partial charge in [0.05, 0.1) is 18.5 Å². The Bertz CT molecular complexity index is 716. The maximum absolute atomic E-state index is 12.4. The molecule has 0 aliphatic carbocycles. The number of halogens is 1. The molecule has 2 rings (SSSR count). The maximum atomic E-state index is 12.4. The van der Waals surface area contributed by atoms with Gasteiger partial charge in [-0.1, -0.05) is 5.16 Å². The zero-order valence-corrected chi connectivity index (χ0v) is 20.1. The molecule has 1 aromatic rings. The summed E-state index contributed by atoms with van der Waals surface area (Å²) in [5.74, 6) is 1.75. The lowest BCUT2D eigenvalue weighted by molar-refractivity contribution is 0.0904. The first-order valence-electron chi connectivity index (χ1n) is 9.23. The van der Waals surface area contributed by atoms with E-state index in [0.717, 1.165) is 0 Å². The number of nitrogens with one attached hydrogen (secondary N) is 1. The number of sulfonamides is 1. The van der Waals surface area contributed by atoms with E-state index >= 15 is 0 Å². The predicted octanol–water partition coefficient (Wildman–Crippen LogP) is 0.834. The zero-order valence-electron chi connectivity index (χ0n) is 16.9. The first kappa shape index (κ1) is 25.0. The average molecular weight is 530 g/mol. The standard InChI is InChI=1S/C16H30N6O4S.HI/c1-5-17-16(18-12-15-19-14(4)20-26-15)21-6-8-22(9-7-21)27(23,24)11-10-25-13(2)3;/h13H,5-12H2,1-4H3,(H,17,18);1H. The molecule has 0 saturated carbocycles. The number of hydrogen-bond donors (Lipinski definition) is 1. The van der Waals surface area contributed by atoms with Crippen LogP contribution in [0, 0.1) is 6.92 Å². The smallest absolute Gasteiger partial charge is 0.248 e. The van der Waals surface area contributed by atoms with Crippen LogP contribution in [-0.2, 0) is 21.3 Å². The molecule has 0 unspecified atom stereocenters. The quantitative estimate of drug-likeness (QED) is 0.299. The fourth-order valence-corrected chi connectivity index (χ4v) is 3.95. The highest BCUT2D eigenvalue weighted by atomic mass is 127. The summed E-state index contributed by atoms with van der Waals surface area (Å²) < 4.78 is 36.9. The van der Waals surface area contributed by atoms with Crippen LogP contribution in [0.1, 0.15) is 32.5 Å². The van der Waals surface area contributed by atoms with E-state index in [-0.39, 0.29) is 49.0 Å². The summed E-state index contributed by atoms with van der Waals surface area (Å²) >= 11 is 0. The number of aromatic nitrogens is 2. The molecule has 1 saturated heterocycles. The number of aliphatic imine (C=N–C) groups is 1. The third-order valence-corrected chi connectivity index (χ3v) is 5.83. The van der Waals surface area contributed by atoms with Gasteiger partial charge in [-0.25, -0.2) is 13.4 Å². The molecule has 1 aliphatic heterocycles. The Morgan fingerprint density at radius 1 is 1.32 bits per heavy atom. The van der Waals surface area contributed by atoms with Crippen molar-refractivity contribution in [1.29, 1.82) is 0 Å². The summed E-state index contributed by atoms with van der Waals surface area (Å²) in [5, 5.41) is 6.98. The largest absolute Gasteiger partial charge is 0.378 e. The molecule has 1 fully saturated rings. The molecule has 0 aromatic carbocycles. The second-order valence-electron chi connectivity index (χ2n) is 6.53. The number of rotatable bonds is 8. The van der Waals surface area contributed by atoms with Crippen LogP contribution in [0.5, 0.6) is 0 Å². The molecule has 0 amide bonds. The molecule has 1 aliphatic rings. The topological polar surface area (TPSA) is 113 Å².